The van der Waals surface area contributed by atoms with Gasteiger partial charge in [-0.1, -0.05) is 12.5 Å². The fraction of sp³-hybridized carbons (Fsp3) is 0.667. The molecule has 0 radical (unpaired) electrons. The van der Waals surface area contributed by atoms with Crippen LogP contribution in [0.1, 0.15) is 13.8 Å². The Morgan fingerprint density at radius 2 is 1.88 bits per heavy atom. The van der Waals surface area contributed by atoms with Crippen molar-refractivity contribution in [2.24, 2.45) is 5.92 Å². The summed E-state index contributed by atoms with van der Waals surface area (Å²) < 4.78 is 23.3. The van der Waals surface area contributed by atoms with Crippen molar-refractivity contribution in [2.45, 2.75) is 20.3 Å². The zero-order chi connectivity index (χ0) is 6.31. The van der Waals surface area contributed by atoms with E-state index in [0.717, 1.165) is 5.57 Å². The molecule has 0 nitrogen and oxygen atoms in total. The highest BCUT2D eigenvalue weighted by atomic mass is 19.3. The summed E-state index contributed by atoms with van der Waals surface area (Å²) in [5, 5.41) is 0. The molecule has 1 rings (SSSR count). The molecule has 0 aromatic rings. The molecule has 46 valence electrons. The van der Waals surface area contributed by atoms with Crippen LogP contribution in [0.2, 0.25) is 0 Å². The second-order valence-electron chi connectivity index (χ2n) is 2.16. The minimum Gasteiger partial charge on any atom is -0.205 e. The van der Waals surface area contributed by atoms with Crippen LogP contribution < -0.4 is 0 Å². The smallest absolute Gasteiger partial charge is 0.205 e. The Balaban J connectivity index is 2.52. The van der Waals surface area contributed by atoms with Gasteiger partial charge in [0.15, 0.2) is 0 Å². The number of alkyl halides is 2. The third-order valence-corrected chi connectivity index (χ3v) is 1.72. The highest BCUT2D eigenvalue weighted by Crippen LogP contribution is 2.41. The molecule has 0 aliphatic heterocycles. The van der Waals surface area contributed by atoms with Gasteiger partial charge < -0.3 is 0 Å². The molecule has 1 unspecified atom stereocenters. The van der Waals surface area contributed by atoms with E-state index in [2.05, 4.69) is 0 Å². The van der Waals surface area contributed by atoms with E-state index in [9.17, 15) is 8.78 Å². The number of hydrogen-bond donors (Lipinski definition) is 0. The van der Waals surface area contributed by atoms with Gasteiger partial charge in [0.05, 0.1) is 0 Å². The molecular weight excluding hydrogens is 110 g/mol. The lowest BCUT2D eigenvalue weighted by Gasteiger charge is -1.86. The molecule has 0 N–H and O–H groups in total. The minimum atomic E-state index is -2.20. The summed E-state index contributed by atoms with van der Waals surface area (Å²) >= 11 is 0. The molecule has 2 heteroatoms. The number of hydrogen-bond acceptors (Lipinski definition) is 0. The number of allylic oxidation sites excluding steroid dienone is 2. The Labute approximate surface area is 47.2 Å². The number of rotatable bonds is 1. The van der Waals surface area contributed by atoms with Gasteiger partial charge in [-0.25, -0.2) is 8.78 Å². The molecule has 0 spiro atoms. The predicted molar refractivity (Wildman–Crippen MR) is 27.9 cm³/mol. The van der Waals surface area contributed by atoms with Crippen LogP contribution in [-0.4, -0.2) is 6.43 Å². The van der Waals surface area contributed by atoms with E-state index in [1.807, 2.05) is 0 Å². The molecule has 1 atom stereocenters. The monoisotopic (exact) mass is 118 g/mol. The van der Waals surface area contributed by atoms with Crippen molar-refractivity contribution >= 4 is 0 Å². The van der Waals surface area contributed by atoms with Crippen molar-refractivity contribution in [2.75, 3.05) is 0 Å². The van der Waals surface area contributed by atoms with Crippen molar-refractivity contribution in [3.63, 3.8) is 0 Å². The van der Waals surface area contributed by atoms with Gasteiger partial charge in [0.1, 0.15) is 0 Å². The molecule has 0 saturated carbocycles. The normalized spacial score (nSPS) is 27.4. The summed E-state index contributed by atoms with van der Waals surface area (Å²) in [7, 11) is 0. The minimum absolute atomic E-state index is 0.0926. The highest BCUT2D eigenvalue weighted by Gasteiger charge is 2.34. The van der Waals surface area contributed by atoms with Gasteiger partial charge in [0.25, 0.3) is 6.43 Å². The molecule has 0 saturated heterocycles. The molecule has 0 heterocycles. The first-order valence-corrected chi connectivity index (χ1v) is 2.63. The standard InChI is InChI=1S/C6H8F2/c1-3-4(2)5(3)6(7)8/h3,6H,1-2H3. The first-order chi connectivity index (χ1) is 3.64. The zero-order valence-electron chi connectivity index (χ0n) is 4.91. The van der Waals surface area contributed by atoms with Gasteiger partial charge in [-0.05, 0) is 6.92 Å². The molecule has 0 aromatic heterocycles. The Hall–Kier alpha value is -0.400. The largest absolute Gasteiger partial charge is 0.260 e. The molecular formula is C6H8F2. The Kier molecular flexibility index (Phi) is 1.10. The lowest BCUT2D eigenvalue weighted by molar-refractivity contribution is 0.191. The fourth-order valence-corrected chi connectivity index (χ4v) is 0.869. The van der Waals surface area contributed by atoms with E-state index in [1.54, 1.807) is 13.8 Å². The Morgan fingerprint density at radius 1 is 1.50 bits per heavy atom. The topological polar surface area (TPSA) is 0 Å². The van der Waals surface area contributed by atoms with E-state index in [4.69, 9.17) is 0 Å². The highest BCUT2D eigenvalue weighted by molar-refractivity contribution is 5.39. The summed E-state index contributed by atoms with van der Waals surface area (Å²) in [5.41, 5.74) is 1.23. The SMILES string of the molecule is CC1=C(C(F)F)C1C. The third kappa shape index (κ3) is 0.641. The molecule has 1 aliphatic rings. The van der Waals surface area contributed by atoms with Gasteiger partial charge in [-0.15, -0.1) is 0 Å². The van der Waals surface area contributed by atoms with Crippen LogP contribution in [0, 0.1) is 5.92 Å². The third-order valence-electron chi connectivity index (χ3n) is 1.72. The molecule has 0 amide bonds. The molecule has 0 bridgehead atoms. The van der Waals surface area contributed by atoms with Crippen LogP contribution in [-0.2, 0) is 0 Å². The molecule has 1 aliphatic carbocycles. The maximum absolute atomic E-state index is 11.7. The van der Waals surface area contributed by atoms with Crippen molar-refractivity contribution in [3.8, 4) is 0 Å². The van der Waals surface area contributed by atoms with Crippen molar-refractivity contribution in [1.82, 2.24) is 0 Å². The van der Waals surface area contributed by atoms with Crippen LogP contribution in [0.5, 0.6) is 0 Å². The summed E-state index contributed by atoms with van der Waals surface area (Å²) in [6, 6.07) is 0. The van der Waals surface area contributed by atoms with Gasteiger partial charge in [0.2, 0.25) is 0 Å². The summed E-state index contributed by atoms with van der Waals surface area (Å²) in [4.78, 5) is 0. The van der Waals surface area contributed by atoms with Crippen LogP contribution in [0.4, 0.5) is 8.78 Å². The lowest BCUT2D eigenvalue weighted by atomic mass is 10.3. The first-order valence-electron chi connectivity index (χ1n) is 2.63. The second-order valence-corrected chi connectivity index (χ2v) is 2.16. The van der Waals surface area contributed by atoms with Crippen molar-refractivity contribution < 1.29 is 8.78 Å². The maximum Gasteiger partial charge on any atom is 0.260 e. The van der Waals surface area contributed by atoms with E-state index >= 15 is 0 Å². The van der Waals surface area contributed by atoms with E-state index in [-0.39, 0.29) is 5.92 Å². The molecule has 8 heavy (non-hydrogen) atoms. The quantitative estimate of drug-likeness (QED) is 0.463. The fourth-order valence-electron chi connectivity index (χ4n) is 0.869. The zero-order valence-corrected chi connectivity index (χ0v) is 4.91. The summed E-state index contributed by atoms with van der Waals surface area (Å²) in [6.07, 6.45) is -2.20. The predicted octanol–water partition coefficient (Wildman–Crippen LogP) is 2.22. The molecule has 0 aromatic carbocycles. The van der Waals surface area contributed by atoms with Gasteiger partial charge >= 0.3 is 0 Å². The van der Waals surface area contributed by atoms with Crippen LogP contribution in [0.15, 0.2) is 11.1 Å². The van der Waals surface area contributed by atoms with Crippen LogP contribution in [0.25, 0.3) is 0 Å². The van der Waals surface area contributed by atoms with E-state index in [0.29, 0.717) is 5.57 Å². The van der Waals surface area contributed by atoms with E-state index < -0.39 is 6.43 Å². The Bertz CT molecular complexity index is 135. The average molecular weight is 118 g/mol. The molecule has 0 fully saturated rings. The van der Waals surface area contributed by atoms with Gasteiger partial charge in [0, 0.05) is 11.5 Å². The second kappa shape index (κ2) is 1.54. The van der Waals surface area contributed by atoms with E-state index in [1.165, 1.54) is 0 Å². The lowest BCUT2D eigenvalue weighted by Crippen LogP contribution is -1.86. The number of halogens is 2. The van der Waals surface area contributed by atoms with Gasteiger partial charge in [-0.2, -0.15) is 0 Å². The van der Waals surface area contributed by atoms with Crippen LogP contribution >= 0.6 is 0 Å². The first kappa shape index (κ1) is 5.73. The summed E-state index contributed by atoms with van der Waals surface area (Å²) in [6.45, 7) is 3.56. The average Bonchev–Trinajstić information content (AvgIpc) is 2.15. The van der Waals surface area contributed by atoms with Gasteiger partial charge in [-0.3, -0.25) is 0 Å². The summed E-state index contributed by atoms with van der Waals surface area (Å²) in [5.74, 6) is 0.0926. The van der Waals surface area contributed by atoms with Crippen molar-refractivity contribution in [1.29, 1.82) is 0 Å². The van der Waals surface area contributed by atoms with Crippen LogP contribution in [0.3, 0.4) is 0 Å². The maximum atomic E-state index is 11.7. The van der Waals surface area contributed by atoms with Crippen molar-refractivity contribution in [3.05, 3.63) is 11.1 Å². The Morgan fingerprint density at radius 3 is 1.88 bits per heavy atom.